The maximum atomic E-state index is 11.9. The van der Waals surface area contributed by atoms with E-state index in [1.165, 1.54) is 16.5 Å². The van der Waals surface area contributed by atoms with Gasteiger partial charge in [0.15, 0.2) is 0 Å². The second kappa shape index (κ2) is 7.27. The summed E-state index contributed by atoms with van der Waals surface area (Å²) in [5, 5.41) is 1.29. The van der Waals surface area contributed by atoms with Gasteiger partial charge in [-0.3, -0.25) is 20.1 Å². The number of nitrogens with one attached hydrogen (secondary N) is 2. The number of fused-ring (bicyclic) bond motifs is 1. The fourth-order valence-electron chi connectivity index (χ4n) is 3.98. The number of aromatic nitrogens is 2. The third kappa shape index (κ3) is 3.21. The number of pyridine rings is 1. The van der Waals surface area contributed by atoms with E-state index in [0.717, 1.165) is 25.2 Å². The molecule has 0 radical (unpaired) electrons. The summed E-state index contributed by atoms with van der Waals surface area (Å²) in [5.41, 5.74) is 5.69. The summed E-state index contributed by atoms with van der Waals surface area (Å²) in [6.45, 7) is 1.84. The molecule has 1 aromatic carbocycles. The number of hydrogen-bond donors (Lipinski definition) is 3. The van der Waals surface area contributed by atoms with Crippen molar-refractivity contribution in [2.75, 3.05) is 13.1 Å². The van der Waals surface area contributed by atoms with Crippen molar-refractivity contribution >= 4 is 16.8 Å². The molecule has 1 aliphatic rings. The average Bonchev–Trinajstić information content (AvgIpc) is 3.33. The van der Waals surface area contributed by atoms with Gasteiger partial charge in [0.2, 0.25) is 5.91 Å². The van der Waals surface area contributed by atoms with Crippen LogP contribution in [0.4, 0.5) is 0 Å². The molecule has 0 saturated carbocycles. The van der Waals surface area contributed by atoms with Crippen molar-refractivity contribution in [2.45, 2.75) is 24.8 Å². The van der Waals surface area contributed by atoms with Crippen molar-refractivity contribution in [1.82, 2.24) is 20.3 Å². The zero-order valence-corrected chi connectivity index (χ0v) is 14.6. The summed E-state index contributed by atoms with van der Waals surface area (Å²) in [6.07, 6.45) is 5.28. The fraction of sp³-hybridized carbons (Fsp3) is 0.300. The third-order valence-corrected chi connectivity index (χ3v) is 5.29. The highest BCUT2D eigenvalue weighted by Crippen LogP contribution is 2.36. The predicted octanol–water partition coefficient (Wildman–Crippen LogP) is 2.47. The van der Waals surface area contributed by atoms with Crippen LogP contribution in [0.25, 0.3) is 10.9 Å². The summed E-state index contributed by atoms with van der Waals surface area (Å²) >= 11 is 0. The van der Waals surface area contributed by atoms with Gasteiger partial charge in [-0.25, -0.2) is 5.84 Å². The number of nitrogens with two attached hydrogens (primary N) is 1. The predicted molar refractivity (Wildman–Crippen MR) is 101 cm³/mol. The second-order valence-corrected chi connectivity index (χ2v) is 6.81. The molecule has 2 aromatic heterocycles. The number of hydrazine groups is 1. The van der Waals surface area contributed by atoms with Crippen LogP contribution < -0.4 is 11.3 Å². The lowest BCUT2D eigenvalue weighted by molar-refractivity contribution is -0.122. The number of rotatable bonds is 5. The van der Waals surface area contributed by atoms with Gasteiger partial charge in [-0.1, -0.05) is 24.3 Å². The Morgan fingerprint density at radius 3 is 2.96 bits per heavy atom. The van der Waals surface area contributed by atoms with Crippen LogP contribution in [-0.2, 0) is 4.79 Å². The van der Waals surface area contributed by atoms with Crippen LogP contribution in [0.2, 0.25) is 0 Å². The van der Waals surface area contributed by atoms with Crippen LogP contribution in [0.15, 0.2) is 54.9 Å². The van der Waals surface area contributed by atoms with E-state index >= 15 is 0 Å². The van der Waals surface area contributed by atoms with E-state index in [4.69, 9.17) is 5.84 Å². The zero-order valence-electron chi connectivity index (χ0n) is 14.6. The number of amides is 1. The zero-order chi connectivity index (χ0) is 17.9. The molecule has 1 amide bonds. The summed E-state index contributed by atoms with van der Waals surface area (Å²) < 4.78 is 0. The first-order chi connectivity index (χ1) is 12.8. The first-order valence-electron chi connectivity index (χ1n) is 8.96. The minimum atomic E-state index is -0.170. The lowest BCUT2D eigenvalue weighted by atomic mass is 9.98. The van der Waals surface area contributed by atoms with Crippen molar-refractivity contribution in [2.24, 2.45) is 5.84 Å². The fourth-order valence-corrected chi connectivity index (χ4v) is 3.98. The van der Waals surface area contributed by atoms with Crippen molar-refractivity contribution in [3.63, 3.8) is 0 Å². The van der Waals surface area contributed by atoms with Gasteiger partial charge in [0.25, 0.3) is 0 Å². The first-order valence-corrected chi connectivity index (χ1v) is 8.96. The monoisotopic (exact) mass is 349 g/mol. The van der Waals surface area contributed by atoms with Crippen molar-refractivity contribution in [3.8, 4) is 0 Å². The highest BCUT2D eigenvalue weighted by molar-refractivity contribution is 5.83. The van der Waals surface area contributed by atoms with Gasteiger partial charge in [0.1, 0.15) is 0 Å². The smallest absolute Gasteiger partial charge is 0.235 e. The van der Waals surface area contributed by atoms with Gasteiger partial charge < -0.3 is 4.98 Å². The molecule has 26 heavy (non-hydrogen) atoms. The van der Waals surface area contributed by atoms with E-state index in [9.17, 15) is 4.79 Å². The summed E-state index contributed by atoms with van der Waals surface area (Å²) in [4.78, 5) is 22.1. The van der Waals surface area contributed by atoms with E-state index < -0.39 is 0 Å². The molecule has 2 atom stereocenters. The number of likely N-dealkylation sites (tertiary alicyclic amines) is 1. The molecular weight excluding hydrogens is 326 g/mol. The molecule has 3 aromatic rings. The van der Waals surface area contributed by atoms with E-state index in [1.54, 1.807) is 6.20 Å². The van der Waals surface area contributed by atoms with Gasteiger partial charge in [-0.05, 0) is 42.6 Å². The summed E-state index contributed by atoms with van der Waals surface area (Å²) in [7, 11) is 0. The Morgan fingerprint density at radius 1 is 1.31 bits per heavy atom. The average molecular weight is 349 g/mol. The number of nitrogens with zero attached hydrogens (tertiary/aromatic N) is 2. The molecule has 1 saturated heterocycles. The molecular formula is C20H23N5O. The van der Waals surface area contributed by atoms with E-state index in [-0.39, 0.29) is 11.9 Å². The number of hydrogen-bond acceptors (Lipinski definition) is 4. The van der Waals surface area contributed by atoms with Crippen LogP contribution in [0.1, 0.15) is 36.1 Å². The standard InChI is InChI=1S/C20H23N5O/c21-24-20(26)11-19(18-7-3-4-9-22-18)25-10-8-14(13-25)16-12-23-17-6-2-1-5-15(16)17/h1-7,9,12,14,19,23H,8,10-11,13,21H2,(H,24,26). The van der Waals surface area contributed by atoms with Crippen LogP contribution in [0, 0.1) is 0 Å². The topological polar surface area (TPSA) is 87.0 Å². The van der Waals surface area contributed by atoms with E-state index in [1.807, 2.05) is 24.3 Å². The Hall–Kier alpha value is -2.70. The maximum Gasteiger partial charge on any atom is 0.235 e. The van der Waals surface area contributed by atoms with Crippen LogP contribution >= 0.6 is 0 Å². The Labute approximate surface area is 152 Å². The van der Waals surface area contributed by atoms with Gasteiger partial charge in [-0.15, -0.1) is 0 Å². The molecule has 1 aliphatic heterocycles. The van der Waals surface area contributed by atoms with E-state index in [0.29, 0.717) is 12.3 Å². The highest BCUT2D eigenvalue weighted by atomic mass is 16.2. The number of aromatic amines is 1. The molecule has 6 heteroatoms. The molecule has 134 valence electrons. The van der Waals surface area contributed by atoms with Crippen molar-refractivity contribution in [3.05, 3.63) is 66.1 Å². The van der Waals surface area contributed by atoms with Crippen molar-refractivity contribution in [1.29, 1.82) is 0 Å². The van der Waals surface area contributed by atoms with Gasteiger partial charge in [0.05, 0.1) is 11.7 Å². The number of H-pyrrole nitrogens is 1. The number of carbonyl (C=O) groups excluding carboxylic acids is 1. The maximum absolute atomic E-state index is 11.9. The molecule has 0 spiro atoms. The Morgan fingerprint density at radius 2 is 2.15 bits per heavy atom. The number of carbonyl (C=O) groups is 1. The molecule has 3 heterocycles. The Kier molecular flexibility index (Phi) is 4.69. The SMILES string of the molecule is NNC(=O)CC(c1ccccn1)N1CCC(c2c[nH]c3ccccc23)C1. The Balaban J connectivity index is 1.57. The van der Waals surface area contributed by atoms with Crippen molar-refractivity contribution < 1.29 is 4.79 Å². The number of para-hydroxylation sites is 1. The largest absolute Gasteiger partial charge is 0.361 e. The first kappa shape index (κ1) is 16.8. The lowest BCUT2D eigenvalue weighted by Gasteiger charge is -2.27. The quantitative estimate of drug-likeness (QED) is 0.375. The summed E-state index contributed by atoms with van der Waals surface area (Å²) in [6, 6.07) is 14.2. The minimum Gasteiger partial charge on any atom is -0.361 e. The molecule has 2 unspecified atom stereocenters. The molecule has 4 rings (SSSR count). The second-order valence-electron chi connectivity index (χ2n) is 6.81. The highest BCUT2D eigenvalue weighted by Gasteiger charge is 2.32. The minimum absolute atomic E-state index is 0.0602. The lowest BCUT2D eigenvalue weighted by Crippen LogP contribution is -2.36. The molecule has 0 bridgehead atoms. The van der Waals surface area contributed by atoms with Gasteiger partial charge in [0, 0.05) is 36.3 Å². The third-order valence-electron chi connectivity index (χ3n) is 5.29. The summed E-state index contributed by atoms with van der Waals surface area (Å²) in [5.74, 6) is 5.59. The molecule has 4 N–H and O–H groups in total. The Bertz CT molecular complexity index is 891. The van der Waals surface area contributed by atoms with Crippen LogP contribution in [0.3, 0.4) is 0 Å². The van der Waals surface area contributed by atoms with Gasteiger partial charge in [-0.2, -0.15) is 0 Å². The van der Waals surface area contributed by atoms with Gasteiger partial charge >= 0.3 is 0 Å². The van der Waals surface area contributed by atoms with Crippen LogP contribution in [-0.4, -0.2) is 33.9 Å². The van der Waals surface area contributed by atoms with E-state index in [2.05, 4.69) is 44.7 Å². The van der Waals surface area contributed by atoms with Crippen LogP contribution in [0.5, 0.6) is 0 Å². The molecule has 1 fully saturated rings. The number of benzene rings is 1. The molecule has 6 nitrogen and oxygen atoms in total. The normalized spacial score (nSPS) is 18.9. The molecule has 0 aliphatic carbocycles.